The Balaban J connectivity index is 3.02. The van der Waals surface area contributed by atoms with Crippen LogP contribution < -0.4 is 0 Å². The van der Waals surface area contributed by atoms with Crippen LogP contribution in [0.15, 0.2) is 36.9 Å². The van der Waals surface area contributed by atoms with E-state index < -0.39 is 0 Å². The molecule has 2 aromatic rings. The maximum Gasteiger partial charge on any atom is 0.101 e. The van der Waals surface area contributed by atoms with Crippen LogP contribution in [0, 0.1) is 22.7 Å². The molecule has 0 aromatic heterocycles. The van der Waals surface area contributed by atoms with Crippen LogP contribution in [0.2, 0.25) is 0 Å². The Morgan fingerprint density at radius 2 is 1.88 bits per heavy atom. The van der Waals surface area contributed by atoms with E-state index in [2.05, 4.69) is 12.6 Å². The molecule has 2 heteroatoms. The largest absolute Gasteiger partial charge is 0.192 e. The van der Waals surface area contributed by atoms with E-state index in [-0.39, 0.29) is 0 Å². The van der Waals surface area contributed by atoms with E-state index in [0.717, 1.165) is 16.3 Å². The van der Waals surface area contributed by atoms with E-state index in [9.17, 15) is 0 Å². The lowest BCUT2D eigenvalue weighted by Gasteiger charge is -2.06. The summed E-state index contributed by atoms with van der Waals surface area (Å²) < 4.78 is 0. The number of hydrogen-bond acceptors (Lipinski definition) is 2. The van der Waals surface area contributed by atoms with Crippen molar-refractivity contribution >= 4 is 16.8 Å². The van der Waals surface area contributed by atoms with E-state index in [1.54, 1.807) is 12.1 Å². The van der Waals surface area contributed by atoms with Gasteiger partial charge in [0.2, 0.25) is 0 Å². The van der Waals surface area contributed by atoms with E-state index in [4.69, 9.17) is 10.5 Å². The molecule has 16 heavy (non-hydrogen) atoms. The number of benzene rings is 2. The van der Waals surface area contributed by atoms with Gasteiger partial charge in [-0.3, -0.25) is 0 Å². The van der Waals surface area contributed by atoms with Crippen LogP contribution in [0.25, 0.3) is 16.8 Å². The maximum absolute atomic E-state index is 9.07. The van der Waals surface area contributed by atoms with Crippen LogP contribution >= 0.6 is 0 Å². The summed E-state index contributed by atoms with van der Waals surface area (Å²) in [6.07, 6.45) is 1.63. The zero-order valence-corrected chi connectivity index (χ0v) is 8.57. The molecular formula is C14H8N2. The highest BCUT2D eigenvalue weighted by Crippen LogP contribution is 2.26. The van der Waals surface area contributed by atoms with Gasteiger partial charge in [-0.05, 0) is 16.8 Å². The maximum atomic E-state index is 9.07. The third-order valence-electron chi connectivity index (χ3n) is 2.53. The molecule has 0 heterocycles. The molecule has 0 fully saturated rings. The third kappa shape index (κ3) is 1.34. The van der Waals surface area contributed by atoms with Gasteiger partial charge < -0.3 is 0 Å². The zero-order valence-electron chi connectivity index (χ0n) is 8.57. The molecular weight excluding hydrogens is 196 g/mol. The van der Waals surface area contributed by atoms with Crippen LogP contribution in [0.1, 0.15) is 16.7 Å². The van der Waals surface area contributed by atoms with Gasteiger partial charge in [0.15, 0.2) is 0 Å². The Morgan fingerprint density at radius 1 is 1.12 bits per heavy atom. The number of hydrogen-bond donors (Lipinski definition) is 0. The van der Waals surface area contributed by atoms with Crippen molar-refractivity contribution in [2.24, 2.45) is 0 Å². The highest BCUT2D eigenvalue weighted by Gasteiger charge is 2.10. The Kier molecular flexibility index (Phi) is 2.42. The van der Waals surface area contributed by atoms with Gasteiger partial charge >= 0.3 is 0 Å². The van der Waals surface area contributed by atoms with E-state index in [1.165, 1.54) is 0 Å². The summed E-state index contributed by atoms with van der Waals surface area (Å²) in [6.45, 7) is 3.70. The van der Waals surface area contributed by atoms with Crippen molar-refractivity contribution < 1.29 is 0 Å². The van der Waals surface area contributed by atoms with Gasteiger partial charge in [-0.15, -0.1) is 0 Å². The second-order valence-corrected chi connectivity index (χ2v) is 3.36. The summed E-state index contributed by atoms with van der Waals surface area (Å²) in [5.74, 6) is 0. The number of fused-ring (bicyclic) bond motifs is 1. The van der Waals surface area contributed by atoms with Crippen molar-refractivity contribution in [3.05, 3.63) is 53.6 Å². The van der Waals surface area contributed by atoms with Gasteiger partial charge in [0.25, 0.3) is 0 Å². The molecule has 0 atom stereocenters. The molecule has 0 unspecified atom stereocenters. The molecule has 0 aliphatic heterocycles. The molecule has 0 aliphatic rings. The summed E-state index contributed by atoms with van der Waals surface area (Å²) in [4.78, 5) is 0. The Hall–Kier alpha value is -2.58. The summed E-state index contributed by atoms with van der Waals surface area (Å²) in [5, 5.41) is 20.0. The molecule has 0 amide bonds. The summed E-state index contributed by atoms with van der Waals surface area (Å²) in [5.41, 5.74) is 1.53. The van der Waals surface area contributed by atoms with E-state index >= 15 is 0 Å². The lowest BCUT2D eigenvalue weighted by molar-refractivity contribution is 1.44. The number of rotatable bonds is 1. The second-order valence-electron chi connectivity index (χ2n) is 3.36. The molecule has 0 aliphatic carbocycles. The van der Waals surface area contributed by atoms with Crippen molar-refractivity contribution in [2.75, 3.05) is 0 Å². The van der Waals surface area contributed by atoms with Crippen molar-refractivity contribution in [1.82, 2.24) is 0 Å². The molecule has 2 nitrogen and oxygen atoms in total. The number of nitriles is 2. The van der Waals surface area contributed by atoms with Crippen molar-refractivity contribution in [3.63, 3.8) is 0 Å². The SMILES string of the molecule is C=Cc1c(C#N)c(C#N)cc2ccccc12. The Morgan fingerprint density at radius 3 is 2.50 bits per heavy atom. The normalized spacial score (nSPS) is 9.38. The molecule has 0 N–H and O–H groups in total. The van der Waals surface area contributed by atoms with Gasteiger partial charge in [-0.2, -0.15) is 10.5 Å². The van der Waals surface area contributed by atoms with Crippen LogP contribution in [0.5, 0.6) is 0 Å². The predicted molar refractivity (Wildman–Crippen MR) is 63.5 cm³/mol. The molecule has 2 aromatic carbocycles. The lowest BCUT2D eigenvalue weighted by atomic mass is 9.95. The average molecular weight is 204 g/mol. The van der Waals surface area contributed by atoms with Gasteiger partial charge in [0.05, 0.1) is 11.1 Å². The van der Waals surface area contributed by atoms with E-state index in [1.807, 2.05) is 30.3 Å². The standard InChI is InChI=1S/C14H8N2/c1-2-12-13-6-4-3-5-10(13)7-11(8-15)14(12)9-16/h2-7H,1H2. The number of nitrogens with zero attached hydrogens (tertiary/aromatic N) is 2. The van der Waals surface area contributed by atoms with Crippen LogP contribution in [0.3, 0.4) is 0 Å². The monoisotopic (exact) mass is 204 g/mol. The minimum Gasteiger partial charge on any atom is -0.192 e. The van der Waals surface area contributed by atoms with Crippen LogP contribution in [-0.4, -0.2) is 0 Å². The predicted octanol–water partition coefficient (Wildman–Crippen LogP) is 3.23. The van der Waals surface area contributed by atoms with Crippen LogP contribution in [0.4, 0.5) is 0 Å². The first-order chi connectivity index (χ1) is 7.81. The lowest BCUT2D eigenvalue weighted by Crippen LogP contribution is -1.90. The molecule has 0 saturated heterocycles. The minimum atomic E-state index is 0.399. The summed E-state index contributed by atoms with van der Waals surface area (Å²) >= 11 is 0. The third-order valence-corrected chi connectivity index (χ3v) is 2.53. The highest BCUT2D eigenvalue weighted by molar-refractivity contribution is 5.94. The fraction of sp³-hybridized carbons (Fsp3) is 0. The van der Waals surface area contributed by atoms with E-state index in [0.29, 0.717) is 11.1 Å². The fourth-order valence-corrected chi connectivity index (χ4v) is 1.80. The Bertz CT molecular complexity index is 655. The fourth-order valence-electron chi connectivity index (χ4n) is 1.80. The molecule has 0 radical (unpaired) electrons. The smallest absolute Gasteiger partial charge is 0.101 e. The molecule has 0 saturated carbocycles. The van der Waals surface area contributed by atoms with Gasteiger partial charge in [-0.25, -0.2) is 0 Å². The first-order valence-electron chi connectivity index (χ1n) is 4.80. The van der Waals surface area contributed by atoms with Gasteiger partial charge in [0.1, 0.15) is 12.1 Å². The quantitative estimate of drug-likeness (QED) is 0.715. The van der Waals surface area contributed by atoms with Crippen LogP contribution in [-0.2, 0) is 0 Å². The van der Waals surface area contributed by atoms with Crippen molar-refractivity contribution in [3.8, 4) is 12.1 Å². The van der Waals surface area contributed by atoms with Crippen molar-refractivity contribution in [1.29, 1.82) is 10.5 Å². The zero-order chi connectivity index (χ0) is 11.5. The van der Waals surface area contributed by atoms with Gasteiger partial charge in [0, 0.05) is 5.56 Å². The summed E-state index contributed by atoms with van der Waals surface area (Å²) in [7, 11) is 0. The first kappa shape index (κ1) is 9.96. The molecule has 74 valence electrons. The first-order valence-corrected chi connectivity index (χ1v) is 4.80. The molecule has 0 spiro atoms. The Labute approximate surface area is 93.7 Å². The molecule has 0 bridgehead atoms. The second kappa shape index (κ2) is 3.88. The summed E-state index contributed by atoms with van der Waals surface area (Å²) in [6, 6.07) is 13.5. The highest BCUT2D eigenvalue weighted by atomic mass is 14.3. The minimum absolute atomic E-state index is 0.399. The average Bonchev–Trinajstić information content (AvgIpc) is 2.36. The molecule has 2 rings (SSSR count). The van der Waals surface area contributed by atoms with Gasteiger partial charge in [-0.1, -0.05) is 36.9 Å². The van der Waals surface area contributed by atoms with Crippen molar-refractivity contribution in [2.45, 2.75) is 0 Å². The topological polar surface area (TPSA) is 47.6 Å².